The van der Waals surface area contributed by atoms with E-state index in [2.05, 4.69) is 5.32 Å². The summed E-state index contributed by atoms with van der Waals surface area (Å²) in [5.74, 6) is -0.606. The molecule has 0 bridgehead atoms. The van der Waals surface area contributed by atoms with E-state index < -0.39 is 15.9 Å². The van der Waals surface area contributed by atoms with Crippen LogP contribution in [0.25, 0.3) is 11.0 Å². The Morgan fingerprint density at radius 3 is 2.42 bits per heavy atom. The smallest absolute Gasteiger partial charge is 0.287 e. The molecule has 2 aromatic carbocycles. The highest BCUT2D eigenvalue weighted by atomic mass is 32.2. The topological polar surface area (TPSA) is 79.6 Å². The normalized spacial score (nSPS) is 15.7. The lowest BCUT2D eigenvalue weighted by atomic mass is 10.1. The van der Waals surface area contributed by atoms with Crippen molar-refractivity contribution in [2.75, 3.05) is 13.1 Å². The van der Waals surface area contributed by atoms with Crippen LogP contribution in [-0.4, -0.2) is 31.7 Å². The molecule has 1 aliphatic heterocycles. The molecule has 2 heterocycles. The van der Waals surface area contributed by atoms with Crippen molar-refractivity contribution in [1.82, 2.24) is 9.62 Å². The maximum Gasteiger partial charge on any atom is 0.287 e. The fourth-order valence-corrected chi connectivity index (χ4v) is 5.42. The number of sulfonamides is 1. The number of carbonyl (C=O) groups excluding carboxylic acids is 1. The Kier molecular flexibility index (Phi) is 6.11. The van der Waals surface area contributed by atoms with Gasteiger partial charge in [0.1, 0.15) is 11.4 Å². The van der Waals surface area contributed by atoms with Crippen LogP contribution in [0.4, 0.5) is 4.39 Å². The van der Waals surface area contributed by atoms with Crippen molar-refractivity contribution in [2.45, 2.75) is 44.0 Å². The minimum absolute atomic E-state index is 0.140. The average molecular weight is 445 g/mol. The molecule has 6 nitrogen and oxygen atoms in total. The van der Waals surface area contributed by atoms with E-state index in [9.17, 15) is 17.6 Å². The predicted octanol–water partition coefficient (Wildman–Crippen LogP) is 4.38. The molecule has 1 aromatic heterocycles. The van der Waals surface area contributed by atoms with Gasteiger partial charge in [-0.15, -0.1) is 0 Å². The Morgan fingerprint density at radius 1 is 1.06 bits per heavy atom. The van der Waals surface area contributed by atoms with E-state index in [0.29, 0.717) is 29.6 Å². The summed E-state index contributed by atoms with van der Waals surface area (Å²) in [6.45, 7) is 3.02. The second-order valence-corrected chi connectivity index (χ2v) is 9.78. The number of fused-ring (bicyclic) bond motifs is 1. The summed E-state index contributed by atoms with van der Waals surface area (Å²) >= 11 is 0. The van der Waals surface area contributed by atoms with Gasteiger partial charge < -0.3 is 9.73 Å². The minimum Gasteiger partial charge on any atom is -0.451 e. The van der Waals surface area contributed by atoms with Gasteiger partial charge in [0.15, 0.2) is 5.76 Å². The molecule has 4 rings (SSSR count). The van der Waals surface area contributed by atoms with Gasteiger partial charge in [0.25, 0.3) is 5.91 Å². The van der Waals surface area contributed by atoms with Gasteiger partial charge in [-0.1, -0.05) is 25.0 Å². The van der Waals surface area contributed by atoms with Crippen LogP contribution in [0.2, 0.25) is 0 Å². The maximum atomic E-state index is 13.1. The molecule has 1 N–H and O–H groups in total. The zero-order valence-electron chi connectivity index (χ0n) is 17.4. The third-order valence-electron chi connectivity index (χ3n) is 5.68. The molecule has 0 unspecified atom stereocenters. The molecule has 0 aliphatic carbocycles. The van der Waals surface area contributed by atoms with Crippen LogP contribution in [0, 0.1) is 12.7 Å². The molecule has 31 heavy (non-hydrogen) atoms. The summed E-state index contributed by atoms with van der Waals surface area (Å²) in [5, 5.41) is 3.36. The Balaban J connectivity index is 1.57. The fourth-order valence-electron chi connectivity index (χ4n) is 3.87. The van der Waals surface area contributed by atoms with Crippen molar-refractivity contribution >= 4 is 26.9 Å². The van der Waals surface area contributed by atoms with Crippen molar-refractivity contribution in [3.05, 3.63) is 65.2 Å². The van der Waals surface area contributed by atoms with Crippen LogP contribution in [0.1, 0.15) is 47.4 Å². The molecular formula is C23H25FN2O4S. The molecule has 164 valence electrons. The van der Waals surface area contributed by atoms with Crippen LogP contribution in [0.3, 0.4) is 0 Å². The number of benzene rings is 2. The minimum atomic E-state index is -3.59. The summed E-state index contributed by atoms with van der Waals surface area (Å²) in [4.78, 5) is 12.8. The molecule has 0 radical (unpaired) electrons. The van der Waals surface area contributed by atoms with Crippen molar-refractivity contribution in [3.63, 3.8) is 0 Å². The number of nitrogens with one attached hydrogen (secondary N) is 1. The largest absolute Gasteiger partial charge is 0.451 e. The van der Waals surface area contributed by atoms with Gasteiger partial charge in [0.2, 0.25) is 10.0 Å². The summed E-state index contributed by atoms with van der Waals surface area (Å²) in [6, 6.07) is 10.6. The Hall–Kier alpha value is -2.71. The Morgan fingerprint density at radius 2 is 1.74 bits per heavy atom. The number of halogens is 1. The maximum absolute atomic E-state index is 13.1. The van der Waals surface area contributed by atoms with Gasteiger partial charge in [-0.25, -0.2) is 12.8 Å². The quantitative estimate of drug-likeness (QED) is 0.634. The first-order valence-corrected chi connectivity index (χ1v) is 11.9. The monoisotopic (exact) mass is 444 g/mol. The van der Waals surface area contributed by atoms with Crippen LogP contribution in [0.15, 0.2) is 51.8 Å². The second kappa shape index (κ2) is 8.80. The van der Waals surface area contributed by atoms with E-state index in [1.165, 1.54) is 18.2 Å². The van der Waals surface area contributed by atoms with Crippen LogP contribution >= 0.6 is 0 Å². The van der Waals surface area contributed by atoms with Crippen molar-refractivity contribution in [2.24, 2.45) is 0 Å². The second-order valence-electron chi connectivity index (χ2n) is 7.84. The zero-order valence-corrected chi connectivity index (χ0v) is 18.2. The lowest BCUT2D eigenvalue weighted by molar-refractivity contribution is 0.0924. The number of furan rings is 1. The molecule has 3 aromatic rings. The van der Waals surface area contributed by atoms with E-state index in [1.54, 1.807) is 35.5 Å². The van der Waals surface area contributed by atoms with Crippen LogP contribution < -0.4 is 5.32 Å². The number of hydrogen-bond donors (Lipinski definition) is 1. The first kappa shape index (κ1) is 21.5. The van der Waals surface area contributed by atoms with Crippen molar-refractivity contribution in [1.29, 1.82) is 0 Å². The summed E-state index contributed by atoms with van der Waals surface area (Å²) < 4.78 is 46.5. The molecule has 1 fully saturated rings. The molecular weight excluding hydrogens is 419 g/mol. The highest BCUT2D eigenvalue weighted by molar-refractivity contribution is 7.89. The van der Waals surface area contributed by atoms with E-state index >= 15 is 0 Å². The summed E-state index contributed by atoms with van der Waals surface area (Å²) in [6.07, 6.45) is 3.82. The third-order valence-corrected chi connectivity index (χ3v) is 7.58. The van der Waals surface area contributed by atoms with Gasteiger partial charge in [-0.2, -0.15) is 4.31 Å². The standard InChI is InChI=1S/C23H25FN2O4S/c1-16-20-14-19(31(28,29)26-12-4-2-3-5-13-26)10-11-21(20)30-22(16)23(27)25-15-17-6-8-18(24)9-7-17/h6-11,14H,2-5,12-13,15H2,1H3,(H,25,27). The molecule has 0 atom stereocenters. The molecule has 1 saturated heterocycles. The van der Waals surface area contributed by atoms with Gasteiger partial charge in [0.05, 0.1) is 4.90 Å². The molecule has 0 spiro atoms. The highest BCUT2D eigenvalue weighted by Crippen LogP contribution is 2.29. The third kappa shape index (κ3) is 4.50. The van der Waals surface area contributed by atoms with Crippen LogP contribution in [-0.2, 0) is 16.6 Å². The number of amides is 1. The molecule has 1 amide bonds. The number of nitrogens with zero attached hydrogens (tertiary/aromatic N) is 1. The van der Waals surface area contributed by atoms with Crippen molar-refractivity contribution < 1.29 is 22.0 Å². The number of rotatable bonds is 5. The lowest BCUT2D eigenvalue weighted by Gasteiger charge is -2.19. The van der Waals surface area contributed by atoms with E-state index in [-0.39, 0.29) is 23.0 Å². The van der Waals surface area contributed by atoms with Crippen LogP contribution in [0.5, 0.6) is 0 Å². The summed E-state index contributed by atoms with van der Waals surface area (Å²) in [5.41, 5.74) is 1.80. The molecule has 0 saturated carbocycles. The highest BCUT2D eigenvalue weighted by Gasteiger charge is 2.26. The zero-order chi connectivity index (χ0) is 22.0. The molecule has 8 heteroatoms. The summed E-state index contributed by atoms with van der Waals surface area (Å²) in [7, 11) is -3.59. The molecule has 1 aliphatic rings. The predicted molar refractivity (Wildman–Crippen MR) is 116 cm³/mol. The fraction of sp³-hybridized carbons (Fsp3) is 0.348. The SMILES string of the molecule is Cc1c(C(=O)NCc2ccc(F)cc2)oc2ccc(S(=O)(=O)N3CCCCCC3)cc12. The van der Waals surface area contributed by atoms with Gasteiger partial charge in [0, 0.05) is 30.6 Å². The number of aryl methyl sites for hydroxylation is 1. The number of hydrogen-bond acceptors (Lipinski definition) is 4. The van der Waals surface area contributed by atoms with E-state index in [0.717, 1.165) is 31.2 Å². The Labute approximate surface area is 181 Å². The first-order valence-electron chi connectivity index (χ1n) is 10.4. The average Bonchev–Trinajstić information content (AvgIpc) is 2.93. The van der Waals surface area contributed by atoms with Crippen molar-refractivity contribution in [3.8, 4) is 0 Å². The van der Waals surface area contributed by atoms with Gasteiger partial charge in [-0.3, -0.25) is 4.79 Å². The lowest BCUT2D eigenvalue weighted by Crippen LogP contribution is -2.31. The Bertz CT molecular complexity index is 1190. The number of carbonyl (C=O) groups is 1. The van der Waals surface area contributed by atoms with E-state index in [1.807, 2.05) is 0 Å². The first-order chi connectivity index (χ1) is 14.9. The van der Waals surface area contributed by atoms with E-state index in [4.69, 9.17) is 4.42 Å². The van der Waals surface area contributed by atoms with Gasteiger partial charge >= 0.3 is 0 Å². The van der Waals surface area contributed by atoms with Gasteiger partial charge in [-0.05, 0) is 55.7 Å².